The number of aromatic nitrogens is 1. The van der Waals surface area contributed by atoms with Gasteiger partial charge in [-0.25, -0.2) is 4.98 Å². The lowest BCUT2D eigenvalue weighted by Crippen LogP contribution is -2.14. The highest BCUT2D eigenvalue weighted by atomic mass is 35.5. The molecule has 0 spiro atoms. The fourth-order valence-electron chi connectivity index (χ4n) is 1.54. The second kappa shape index (κ2) is 6.41. The maximum atomic E-state index is 12.1. The number of hydrogen-bond donors (Lipinski definition) is 2. The summed E-state index contributed by atoms with van der Waals surface area (Å²) in [6, 6.07) is 6.77. The minimum Gasteiger partial charge on any atom is -0.392 e. The van der Waals surface area contributed by atoms with E-state index < -0.39 is 5.91 Å². The van der Waals surface area contributed by atoms with Gasteiger partial charge in [0.05, 0.1) is 21.7 Å². The maximum Gasteiger partial charge on any atom is 0.275 e. The molecule has 0 bridgehead atoms. The molecule has 2 N–H and O–H groups in total. The van der Waals surface area contributed by atoms with E-state index in [1.165, 1.54) is 6.20 Å². The predicted molar refractivity (Wildman–Crippen MR) is 79.6 cm³/mol. The van der Waals surface area contributed by atoms with Crippen LogP contribution in [0.25, 0.3) is 0 Å². The van der Waals surface area contributed by atoms with Crippen molar-refractivity contribution >= 4 is 46.4 Å². The molecule has 104 valence electrons. The summed E-state index contributed by atoms with van der Waals surface area (Å²) in [7, 11) is 0. The van der Waals surface area contributed by atoms with Gasteiger partial charge >= 0.3 is 0 Å². The molecule has 7 heteroatoms. The van der Waals surface area contributed by atoms with Crippen LogP contribution in [0.3, 0.4) is 0 Å². The van der Waals surface area contributed by atoms with E-state index in [9.17, 15) is 4.79 Å². The van der Waals surface area contributed by atoms with Gasteiger partial charge in [0.2, 0.25) is 0 Å². The van der Waals surface area contributed by atoms with E-state index in [0.717, 1.165) is 0 Å². The standard InChI is InChI=1S/C13H9Cl3N2O2/c14-9-5-17-12(11(16)10(9)15)13(20)18-8-3-1-2-7(4-8)6-19/h1-5,19H,6H2,(H,18,20). The molecule has 1 amide bonds. The van der Waals surface area contributed by atoms with Crippen LogP contribution >= 0.6 is 34.8 Å². The van der Waals surface area contributed by atoms with E-state index in [1.54, 1.807) is 24.3 Å². The number of rotatable bonds is 3. The third-order valence-corrected chi connectivity index (χ3v) is 3.74. The second-order valence-corrected chi connectivity index (χ2v) is 5.06. The summed E-state index contributed by atoms with van der Waals surface area (Å²) < 4.78 is 0. The van der Waals surface area contributed by atoms with Crippen LogP contribution in [0.2, 0.25) is 15.1 Å². The first-order valence-electron chi connectivity index (χ1n) is 5.53. The Morgan fingerprint density at radius 1 is 1.25 bits per heavy atom. The minimum atomic E-state index is -0.511. The molecule has 0 atom stereocenters. The number of nitrogens with one attached hydrogen (secondary N) is 1. The number of carbonyl (C=O) groups excluding carboxylic acids is 1. The third kappa shape index (κ3) is 3.22. The molecule has 0 saturated carbocycles. The summed E-state index contributed by atoms with van der Waals surface area (Å²) in [4.78, 5) is 15.9. The van der Waals surface area contributed by atoms with Crippen LogP contribution in [0.4, 0.5) is 5.69 Å². The number of nitrogens with zero attached hydrogens (tertiary/aromatic N) is 1. The first-order chi connectivity index (χ1) is 9.52. The number of benzene rings is 1. The van der Waals surface area contributed by atoms with Crippen LogP contribution < -0.4 is 5.32 Å². The quantitative estimate of drug-likeness (QED) is 0.899. The van der Waals surface area contributed by atoms with Crippen LogP contribution in [0.15, 0.2) is 30.5 Å². The molecule has 0 radical (unpaired) electrons. The van der Waals surface area contributed by atoms with Gasteiger partial charge < -0.3 is 10.4 Å². The topological polar surface area (TPSA) is 62.2 Å². The van der Waals surface area contributed by atoms with Crippen molar-refractivity contribution in [3.05, 3.63) is 56.8 Å². The number of halogens is 3. The van der Waals surface area contributed by atoms with E-state index in [4.69, 9.17) is 39.9 Å². The van der Waals surface area contributed by atoms with Gasteiger partial charge in [0.1, 0.15) is 5.69 Å². The Balaban J connectivity index is 2.26. The molecular weight excluding hydrogens is 323 g/mol. The molecule has 2 rings (SSSR count). The van der Waals surface area contributed by atoms with Gasteiger partial charge in [-0.2, -0.15) is 0 Å². The fourth-order valence-corrected chi connectivity index (χ4v) is 2.11. The summed E-state index contributed by atoms with van der Waals surface area (Å²) in [6.07, 6.45) is 1.26. The van der Waals surface area contributed by atoms with Gasteiger partial charge in [0, 0.05) is 11.9 Å². The normalized spacial score (nSPS) is 10.4. The lowest BCUT2D eigenvalue weighted by atomic mass is 10.2. The van der Waals surface area contributed by atoms with Gasteiger partial charge in [-0.3, -0.25) is 4.79 Å². The Bertz CT molecular complexity index is 662. The molecule has 0 unspecified atom stereocenters. The fraction of sp³-hybridized carbons (Fsp3) is 0.0769. The molecular formula is C13H9Cl3N2O2. The van der Waals surface area contributed by atoms with Crippen LogP contribution in [0.5, 0.6) is 0 Å². The average Bonchev–Trinajstić information content (AvgIpc) is 2.45. The molecule has 1 heterocycles. The Morgan fingerprint density at radius 2 is 2.00 bits per heavy atom. The molecule has 2 aromatic rings. The van der Waals surface area contributed by atoms with E-state index >= 15 is 0 Å². The number of aliphatic hydroxyl groups excluding tert-OH is 1. The van der Waals surface area contributed by atoms with E-state index in [0.29, 0.717) is 11.3 Å². The lowest BCUT2D eigenvalue weighted by molar-refractivity contribution is 0.102. The first kappa shape index (κ1) is 15.1. The molecule has 4 nitrogen and oxygen atoms in total. The molecule has 20 heavy (non-hydrogen) atoms. The van der Waals surface area contributed by atoms with Crippen LogP contribution in [-0.4, -0.2) is 16.0 Å². The lowest BCUT2D eigenvalue weighted by Gasteiger charge is -2.08. The molecule has 1 aromatic carbocycles. The summed E-state index contributed by atoms with van der Waals surface area (Å²) in [6.45, 7) is -0.116. The molecule has 0 fully saturated rings. The Hall–Kier alpha value is -1.33. The second-order valence-electron chi connectivity index (χ2n) is 3.90. The molecule has 1 aromatic heterocycles. The molecule has 0 saturated heterocycles. The van der Waals surface area contributed by atoms with E-state index in [-0.39, 0.29) is 27.4 Å². The largest absolute Gasteiger partial charge is 0.392 e. The summed E-state index contributed by atoms with van der Waals surface area (Å²) in [5, 5.41) is 11.9. The van der Waals surface area contributed by atoms with Crippen molar-refractivity contribution < 1.29 is 9.90 Å². The predicted octanol–water partition coefficient (Wildman–Crippen LogP) is 3.79. The number of aliphatic hydroxyl groups is 1. The molecule has 0 aliphatic heterocycles. The van der Waals surface area contributed by atoms with Crippen molar-refractivity contribution in [1.82, 2.24) is 4.98 Å². The zero-order valence-corrected chi connectivity index (χ0v) is 12.3. The van der Waals surface area contributed by atoms with Crippen molar-refractivity contribution in [2.45, 2.75) is 6.61 Å². The smallest absolute Gasteiger partial charge is 0.275 e. The van der Waals surface area contributed by atoms with Crippen molar-refractivity contribution in [3.8, 4) is 0 Å². The summed E-state index contributed by atoms with van der Waals surface area (Å²) in [5.74, 6) is -0.511. The zero-order valence-electron chi connectivity index (χ0n) is 10.0. The number of carbonyl (C=O) groups is 1. The maximum absolute atomic E-state index is 12.1. The SMILES string of the molecule is O=C(Nc1cccc(CO)c1)c1ncc(Cl)c(Cl)c1Cl. The third-order valence-electron chi connectivity index (χ3n) is 2.50. The van der Waals surface area contributed by atoms with E-state index in [1.807, 2.05) is 0 Å². The summed E-state index contributed by atoms with van der Waals surface area (Å²) in [5.41, 5.74) is 1.18. The summed E-state index contributed by atoms with van der Waals surface area (Å²) >= 11 is 17.6. The minimum absolute atomic E-state index is 0.00465. The van der Waals surface area contributed by atoms with Gasteiger partial charge in [-0.15, -0.1) is 0 Å². The number of pyridine rings is 1. The molecule has 0 aliphatic carbocycles. The first-order valence-corrected chi connectivity index (χ1v) is 6.67. The number of anilines is 1. The highest BCUT2D eigenvalue weighted by Gasteiger charge is 2.17. The van der Waals surface area contributed by atoms with Crippen LogP contribution in [-0.2, 0) is 6.61 Å². The van der Waals surface area contributed by atoms with Crippen LogP contribution in [0.1, 0.15) is 16.1 Å². The van der Waals surface area contributed by atoms with E-state index in [2.05, 4.69) is 10.3 Å². The zero-order chi connectivity index (χ0) is 14.7. The number of hydrogen-bond acceptors (Lipinski definition) is 3. The van der Waals surface area contributed by atoms with Gasteiger partial charge in [0.15, 0.2) is 0 Å². The highest BCUT2D eigenvalue weighted by Crippen LogP contribution is 2.31. The highest BCUT2D eigenvalue weighted by molar-refractivity contribution is 6.49. The van der Waals surface area contributed by atoms with Gasteiger partial charge in [-0.05, 0) is 17.7 Å². The number of amides is 1. The molecule has 0 aliphatic rings. The Kier molecular flexibility index (Phi) is 4.83. The van der Waals surface area contributed by atoms with Crippen LogP contribution in [0, 0.1) is 0 Å². The monoisotopic (exact) mass is 330 g/mol. The van der Waals surface area contributed by atoms with Gasteiger partial charge in [-0.1, -0.05) is 46.9 Å². The van der Waals surface area contributed by atoms with Crippen molar-refractivity contribution in [2.75, 3.05) is 5.32 Å². The average molecular weight is 332 g/mol. The van der Waals surface area contributed by atoms with Gasteiger partial charge in [0.25, 0.3) is 5.91 Å². The van der Waals surface area contributed by atoms with Crippen molar-refractivity contribution in [1.29, 1.82) is 0 Å². The Morgan fingerprint density at radius 3 is 2.70 bits per heavy atom. The Labute approximate surface area is 130 Å². The van der Waals surface area contributed by atoms with Crippen molar-refractivity contribution in [2.24, 2.45) is 0 Å². The van der Waals surface area contributed by atoms with Crippen molar-refractivity contribution in [3.63, 3.8) is 0 Å².